The number of nitrogens with one attached hydrogen (secondary N) is 2. The van der Waals surface area contributed by atoms with Crippen LogP contribution in [0, 0.1) is 0 Å². The van der Waals surface area contributed by atoms with E-state index in [9.17, 15) is 0 Å². The van der Waals surface area contributed by atoms with Crippen LogP contribution in [0.4, 0.5) is 5.69 Å². The van der Waals surface area contributed by atoms with Gasteiger partial charge < -0.3 is 15.1 Å². The van der Waals surface area contributed by atoms with Crippen molar-refractivity contribution < 1.29 is 9.47 Å². The predicted molar refractivity (Wildman–Crippen MR) is 122 cm³/mol. The zero-order chi connectivity index (χ0) is 19.4. The van der Waals surface area contributed by atoms with Gasteiger partial charge in [-0.15, -0.1) is 0 Å². The van der Waals surface area contributed by atoms with E-state index in [1.54, 1.807) is 0 Å². The van der Waals surface area contributed by atoms with Gasteiger partial charge in [-0.25, -0.2) is 0 Å². The Hall–Kier alpha value is -2.17. The summed E-state index contributed by atoms with van der Waals surface area (Å²) in [6.45, 7) is 3.17. The molecule has 3 rings (SSSR count). The van der Waals surface area contributed by atoms with Crippen molar-refractivity contribution in [2.45, 2.75) is 33.4 Å². The van der Waals surface area contributed by atoms with Crippen molar-refractivity contribution in [1.29, 1.82) is 0 Å². The maximum Gasteiger partial charge on any atom is 0.215 e. The summed E-state index contributed by atoms with van der Waals surface area (Å²) in [5.41, 5.74) is 5.25. The molecule has 2 aromatic carbocycles. The van der Waals surface area contributed by atoms with Gasteiger partial charge in [0.15, 0.2) is 0 Å². The second-order valence-electron chi connectivity index (χ2n) is 8.02. The number of hydrogen-bond donors (Lipinski definition) is 2. The smallest absolute Gasteiger partial charge is 0.215 e. The number of anilines is 1. The average molecular weight is 383 g/mol. The lowest BCUT2D eigenvalue weighted by molar-refractivity contribution is -0.858. The first-order valence-electron chi connectivity index (χ1n) is 10.00. The second-order valence-corrected chi connectivity index (χ2v) is 8.02. The fourth-order valence-electron chi connectivity index (χ4n) is 3.71. The molecule has 4 nitrogen and oxygen atoms in total. The number of unbranched alkanes of at least 4 members (excludes halogenated alkanes) is 1. The molecule has 0 saturated carbocycles. The van der Waals surface area contributed by atoms with E-state index in [0.717, 1.165) is 13.1 Å². The number of rotatable bonds is 8. The first-order valence-corrected chi connectivity index (χ1v) is 10.00. The van der Waals surface area contributed by atoms with Crippen molar-refractivity contribution in [2.75, 3.05) is 46.7 Å². The first kappa shape index (κ1) is 22.1. The highest BCUT2D eigenvalue weighted by atomic mass is 15.1. The largest absolute Gasteiger partial charge is 0.377 e. The Morgan fingerprint density at radius 2 is 1.61 bits per heavy atom. The molecular weight excluding hydrogens is 344 g/mol. The van der Waals surface area contributed by atoms with Gasteiger partial charge in [-0.05, 0) is 36.9 Å². The van der Waals surface area contributed by atoms with Gasteiger partial charge in [0.2, 0.25) is 11.0 Å². The number of aryl methyl sites for hydroxylation is 1. The number of hydrogen-bond acceptors (Lipinski definition) is 2. The third-order valence-electron chi connectivity index (χ3n) is 5.21. The van der Waals surface area contributed by atoms with E-state index >= 15 is 0 Å². The number of quaternary nitrogens is 1. The maximum atomic E-state index is 3.28. The fourth-order valence-corrected chi connectivity index (χ4v) is 3.71. The highest BCUT2D eigenvalue weighted by molar-refractivity contribution is 5.90. The van der Waals surface area contributed by atoms with E-state index < -0.39 is 0 Å². The maximum absolute atomic E-state index is 3.28. The summed E-state index contributed by atoms with van der Waals surface area (Å²) in [5.74, 6) is 0. The number of fused-ring (bicyclic) bond motifs is 2. The quantitative estimate of drug-likeness (QED) is 0.355. The Morgan fingerprint density at radius 3 is 2.25 bits per heavy atom. The van der Waals surface area contributed by atoms with E-state index in [1.165, 1.54) is 57.3 Å². The molecule has 1 aromatic heterocycles. The monoisotopic (exact) mass is 382 g/mol. The molecular formula is C24H38N4+2. The molecule has 0 radical (unpaired) electrons. The van der Waals surface area contributed by atoms with Gasteiger partial charge in [0.25, 0.3) is 0 Å². The molecule has 0 aliphatic rings. The van der Waals surface area contributed by atoms with Crippen LogP contribution in [0.5, 0.6) is 0 Å². The Bertz CT molecular complexity index is 915. The molecule has 0 spiro atoms. The summed E-state index contributed by atoms with van der Waals surface area (Å²) in [7, 11) is 10.7. The summed E-state index contributed by atoms with van der Waals surface area (Å²) >= 11 is 0. The van der Waals surface area contributed by atoms with Crippen LogP contribution < -0.4 is 19.7 Å². The van der Waals surface area contributed by atoms with Crippen LogP contribution >= 0.6 is 0 Å². The van der Waals surface area contributed by atoms with Crippen molar-refractivity contribution in [2.24, 2.45) is 0 Å². The zero-order valence-electron chi connectivity index (χ0n) is 17.5. The molecule has 152 valence electrons. The molecule has 1 heterocycles. The molecule has 4 heteroatoms. The van der Waals surface area contributed by atoms with Crippen LogP contribution in [0.1, 0.15) is 25.8 Å². The summed E-state index contributed by atoms with van der Waals surface area (Å²) < 4.78 is 2.53. The predicted octanol–water partition coefficient (Wildman–Crippen LogP) is 2.63. The normalized spacial score (nSPS) is 11.2. The van der Waals surface area contributed by atoms with Crippen molar-refractivity contribution in [3.05, 3.63) is 48.0 Å². The lowest BCUT2D eigenvalue weighted by atomic mass is 10.1. The van der Waals surface area contributed by atoms with Gasteiger partial charge in [-0.2, -0.15) is 4.57 Å². The Kier molecular flexibility index (Phi) is 7.78. The second kappa shape index (κ2) is 9.85. The number of nitrogens with zero attached hydrogens (tertiary/aromatic N) is 2. The Morgan fingerprint density at radius 1 is 0.929 bits per heavy atom. The minimum Gasteiger partial charge on any atom is -0.377 e. The summed E-state index contributed by atoms with van der Waals surface area (Å²) in [6.07, 6.45) is 2.45. The third kappa shape index (κ3) is 5.00. The van der Waals surface area contributed by atoms with Crippen molar-refractivity contribution in [3.63, 3.8) is 0 Å². The van der Waals surface area contributed by atoms with Crippen LogP contribution in [-0.2, 0) is 13.1 Å². The van der Waals surface area contributed by atoms with Crippen molar-refractivity contribution in [3.8, 4) is 0 Å². The summed E-state index contributed by atoms with van der Waals surface area (Å²) in [6, 6.07) is 16.0. The Labute approximate surface area is 170 Å². The molecule has 2 N–H and O–H groups in total. The van der Waals surface area contributed by atoms with E-state index in [-0.39, 0.29) is 7.43 Å². The van der Waals surface area contributed by atoms with Crippen LogP contribution in [0.25, 0.3) is 21.8 Å². The van der Waals surface area contributed by atoms with Crippen molar-refractivity contribution >= 4 is 27.5 Å². The highest BCUT2D eigenvalue weighted by Gasteiger charge is 2.17. The fraction of sp³-hybridized carbons (Fsp3) is 0.458. The lowest BCUT2D eigenvalue weighted by Gasteiger charge is -2.14. The molecule has 0 bridgehead atoms. The van der Waals surface area contributed by atoms with Gasteiger partial charge in [0.05, 0.1) is 20.6 Å². The van der Waals surface area contributed by atoms with Crippen LogP contribution in [-0.4, -0.2) is 41.8 Å². The average Bonchev–Trinajstić information content (AvgIpc) is 2.64. The van der Waals surface area contributed by atoms with E-state index in [4.69, 9.17) is 0 Å². The number of benzene rings is 2. The minimum atomic E-state index is 0. The lowest BCUT2D eigenvalue weighted by Crippen LogP contribution is -3.05. The molecule has 0 fully saturated rings. The molecule has 28 heavy (non-hydrogen) atoms. The van der Waals surface area contributed by atoms with Gasteiger partial charge in [-0.1, -0.05) is 13.5 Å². The SMILES string of the molecule is C.CNCc1ccc2cc3ccc(N(C)C)cc3[n+](CCCC[NH+](C)C)c2c1. The Balaban J connectivity index is 0.00000280. The molecule has 0 aliphatic carbocycles. The number of aromatic nitrogens is 1. The highest BCUT2D eigenvalue weighted by Crippen LogP contribution is 2.23. The minimum absolute atomic E-state index is 0. The van der Waals surface area contributed by atoms with Gasteiger partial charge >= 0.3 is 0 Å². The van der Waals surface area contributed by atoms with Gasteiger partial charge in [0, 0.05) is 62.1 Å². The zero-order valence-corrected chi connectivity index (χ0v) is 17.5. The molecule has 0 aliphatic heterocycles. The van der Waals surface area contributed by atoms with Crippen LogP contribution in [0.2, 0.25) is 0 Å². The number of pyridine rings is 1. The van der Waals surface area contributed by atoms with E-state index in [2.05, 4.69) is 85.4 Å². The van der Waals surface area contributed by atoms with Gasteiger partial charge in [-0.3, -0.25) is 0 Å². The molecule has 3 aromatic rings. The standard InChI is InChI=1S/C23H33N4.CH4/c1-24-17-18-8-9-19-15-20-10-11-21(26(4)5)16-23(20)27(22(19)14-18)13-7-6-12-25(2)3;/h8-11,14-16,24H,6-7,12-13,17H2,1-5H3;1H4/q+1;/p+1. The molecule has 0 unspecified atom stereocenters. The summed E-state index contributed by atoms with van der Waals surface area (Å²) in [4.78, 5) is 3.70. The van der Waals surface area contributed by atoms with Crippen LogP contribution in [0.3, 0.4) is 0 Å². The topological polar surface area (TPSA) is 23.6 Å². The molecule has 0 amide bonds. The summed E-state index contributed by atoms with van der Waals surface area (Å²) in [5, 5.41) is 5.91. The molecule has 0 saturated heterocycles. The third-order valence-corrected chi connectivity index (χ3v) is 5.21. The van der Waals surface area contributed by atoms with Crippen LogP contribution in [0.15, 0.2) is 42.5 Å². The first-order chi connectivity index (χ1) is 13.0. The van der Waals surface area contributed by atoms with E-state index in [0.29, 0.717) is 0 Å². The van der Waals surface area contributed by atoms with Crippen molar-refractivity contribution in [1.82, 2.24) is 5.32 Å². The van der Waals surface area contributed by atoms with E-state index in [1.807, 2.05) is 7.05 Å². The van der Waals surface area contributed by atoms with Gasteiger partial charge in [0.1, 0.15) is 6.54 Å². The molecule has 0 atom stereocenters.